The third-order valence-electron chi connectivity index (χ3n) is 4.47. The van der Waals surface area contributed by atoms with Gasteiger partial charge >= 0.3 is 5.97 Å². The zero-order chi connectivity index (χ0) is 13.9. The first-order chi connectivity index (χ1) is 8.21. The van der Waals surface area contributed by atoms with Gasteiger partial charge in [-0.25, -0.2) is 0 Å². The summed E-state index contributed by atoms with van der Waals surface area (Å²) in [5.41, 5.74) is 1.46. The van der Waals surface area contributed by atoms with Crippen molar-refractivity contribution in [1.82, 2.24) is 0 Å². The molecule has 1 aliphatic carbocycles. The van der Waals surface area contributed by atoms with Crippen molar-refractivity contribution < 1.29 is 9.90 Å². The molecule has 1 N–H and O–H groups in total. The van der Waals surface area contributed by atoms with Crippen LogP contribution in [0.2, 0.25) is 0 Å². The summed E-state index contributed by atoms with van der Waals surface area (Å²) in [6.07, 6.45) is 4.92. The second-order valence-corrected chi connectivity index (χ2v) is 7.08. The molecule has 0 amide bonds. The quantitative estimate of drug-likeness (QED) is 0.748. The van der Waals surface area contributed by atoms with Crippen molar-refractivity contribution in [3.63, 3.8) is 0 Å². The minimum atomic E-state index is -0.603. The average Bonchev–Trinajstić information content (AvgIpc) is 2.24. The lowest BCUT2D eigenvalue weighted by Crippen LogP contribution is -2.35. The first-order valence-electron chi connectivity index (χ1n) is 7.09. The summed E-state index contributed by atoms with van der Waals surface area (Å²) >= 11 is 0. The van der Waals surface area contributed by atoms with Crippen LogP contribution in [0, 0.1) is 23.2 Å². The Morgan fingerprint density at radius 3 is 2.39 bits per heavy atom. The van der Waals surface area contributed by atoms with E-state index in [9.17, 15) is 9.90 Å². The molecule has 1 saturated carbocycles. The molecule has 3 atom stereocenters. The highest BCUT2D eigenvalue weighted by Crippen LogP contribution is 2.44. The Bertz CT molecular complexity index is 312. The van der Waals surface area contributed by atoms with E-state index in [1.165, 1.54) is 0 Å². The zero-order valence-corrected chi connectivity index (χ0v) is 12.3. The van der Waals surface area contributed by atoms with Gasteiger partial charge in [0.1, 0.15) is 0 Å². The summed E-state index contributed by atoms with van der Waals surface area (Å²) in [5, 5.41) is 9.34. The van der Waals surface area contributed by atoms with Gasteiger partial charge < -0.3 is 5.11 Å². The number of carbonyl (C=O) groups is 1. The smallest absolute Gasteiger partial charge is 0.306 e. The molecule has 0 heterocycles. The van der Waals surface area contributed by atoms with Gasteiger partial charge in [0, 0.05) is 0 Å². The van der Waals surface area contributed by atoms with Crippen molar-refractivity contribution in [2.24, 2.45) is 23.2 Å². The maximum absolute atomic E-state index is 11.3. The minimum absolute atomic E-state index is 0.136. The van der Waals surface area contributed by atoms with Gasteiger partial charge in [-0.1, -0.05) is 26.3 Å². The maximum atomic E-state index is 11.3. The van der Waals surface area contributed by atoms with Crippen molar-refractivity contribution in [3.8, 4) is 0 Å². The Labute approximate surface area is 111 Å². The SMILES string of the molecule is C=C(C)CCC1CC(C(C)(C)C)CCC1C(=O)O. The van der Waals surface area contributed by atoms with Gasteiger partial charge in [-0.3, -0.25) is 4.79 Å². The van der Waals surface area contributed by atoms with Crippen LogP contribution in [0.5, 0.6) is 0 Å². The van der Waals surface area contributed by atoms with Gasteiger partial charge in [0.05, 0.1) is 5.92 Å². The molecule has 0 aromatic rings. The summed E-state index contributed by atoms with van der Waals surface area (Å²) < 4.78 is 0. The molecule has 3 unspecified atom stereocenters. The monoisotopic (exact) mass is 252 g/mol. The first kappa shape index (κ1) is 15.3. The van der Waals surface area contributed by atoms with E-state index in [1.54, 1.807) is 0 Å². The normalized spacial score (nSPS) is 29.0. The summed E-state index contributed by atoms with van der Waals surface area (Å²) in [5.74, 6) is 0.248. The molecular formula is C16H28O2. The molecule has 104 valence electrons. The van der Waals surface area contributed by atoms with Crippen molar-refractivity contribution in [2.45, 2.75) is 59.8 Å². The highest BCUT2D eigenvalue weighted by Gasteiger charge is 2.38. The standard InChI is InChI=1S/C16H28O2/c1-11(2)6-7-12-10-13(16(3,4)5)8-9-14(12)15(17)18/h12-14H,1,6-10H2,2-5H3,(H,17,18). The molecule has 2 heteroatoms. The number of hydrogen-bond acceptors (Lipinski definition) is 1. The molecule has 0 spiro atoms. The summed E-state index contributed by atoms with van der Waals surface area (Å²) in [6.45, 7) is 12.8. The maximum Gasteiger partial charge on any atom is 0.306 e. The lowest BCUT2D eigenvalue weighted by atomic mass is 9.64. The van der Waals surface area contributed by atoms with E-state index in [0.717, 1.165) is 37.7 Å². The fourth-order valence-corrected chi connectivity index (χ4v) is 3.13. The Morgan fingerprint density at radius 2 is 1.94 bits per heavy atom. The largest absolute Gasteiger partial charge is 0.481 e. The first-order valence-corrected chi connectivity index (χ1v) is 7.09. The molecule has 0 radical (unpaired) electrons. The molecule has 18 heavy (non-hydrogen) atoms. The van der Waals surface area contributed by atoms with Gasteiger partial charge in [-0.2, -0.15) is 0 Å². The second kappa shape index (κ2) is 5.90. The second-order valence-electron chi connectivity index (χ2n) is 7.08. The van der Waals surface area contributed by atoms with Crippen molar-refractivity contribution in [1.29, 1.82) is 0 Å². The number of aliphatic carboxylic acids is 1. The van der Waals surface area contributed by atoms with E-state index in [0.29, 0.717) is 17.3 Å². The van der Waals surface area contributed by atoms with Crippen molar-refractivity contribution in [2.75, 3.05) is 0 Å². The van der Waals surface area contributed by atoms with Gasteiger partial charge in [-0.15, -0.1) is 6.58 Å². The lowest BCUT2D eigenvalue weighted by molar-refractivity contribution is -0.146. The number of allylic oxidation sites excluding steroid dienone is 1. The van der Waals surface area contributed by atoms with Gasteiger partial charge in [0.25, 0.3) is 0 Å². The molecular weight excluding hydrogens is 224 g/mol. The van der Waals surface area contributed by atoms with E-state index in [-0.39, 0.29) is 5.92 Å². The van der Waals surface area contributed by atoms with Crippen LogP contribution in [0.15, 0.2) is 12.2 Å². The van der Waals surface area contributed by atoms with Crippen LogP contribution in [0.3, 0.4) is 0 Å². The topological polar surface area (TPSA) is 37.3 Å². The van der Waals surface area contributed by atoms with Crippen LogP contribution in [0.25, 0.3) is 0 Å². The van der Waals surface area contributed by atoms with Gasteiger partial charge in [0.15, 0.2) is 0 Å². The van der Waals surface area contributed by atoms with Gasteiger partial charge in [-0.05, 0) is 56.3 Å². The number of rotatable bonds is 4. The average molecular weight is 252 g/mol. The fraction of sp³-hybridized carbons (Fsp3) is 0.812. The van der Waals surface area contributed by atoms with E-state index in [4.69, 9.17) is 0 Å². The highest BCUT2D eigenvalue weighted by atomic mass is 16.4. The Hall–Kier alpha value is -0.790. The van der Waals surface area contributed by atoms with E-state index < -0.39 is 5.97 Å². The third kappa shape index (κ3) is 4.15. The lowest BCUT2D eigenvalue weighted by Gasteiger charge is -2.40. The molecule has 1 aliphatic rings. The highest BCUT2D eigenvalue weighted by molar-refractivity contribution is 5.70. The fourth-order valence-electron chi connectivity index (χ4n) is 3.13. The van der Waals surface area contributed by atoms with E-state index in [2.05, 4.69) is 27.4 Å². The van der Waals surface area contributed by atoms with Crippen LogP contribution in [0.1, 0.15) is 59.8 Å². The summed E-state index contributed by atoms with van der Waals surface area (Å²) in [6, 6.07) is 0. The van der Waals surface area contributed by atoms with E-state index >= 15 is 0 Å². The third-order valence-corrected chi connectivity index (χ3v) is 4.47. The molecule has 1 fully saturated rings. The summed E-state index contributed by atoms with van der Waals surface area (Å²) in [7, 11) is 0. The molecule has 0 bridgehead atoms. The zero-order valence-electron chi connectivity index (χ0n) is 12.3. The number of carboxylic acid groups (broad SMARTS) is 1. The van der Waals surface area contributed by atoms with Crippen LogP contribution >= 0.6 is 0 Å². The van der Waals surface area contributed by atoms with Crippen LogP contribution in [-0.2, 0) is 4.79 Å². The molecule has 1 rings (SSSR count). The Morgan fingerprint density at radius 1 is 1.33 bits per heavy atom. The predicted octanol–water partition coefficient (Wildman–Crippen LogP) is 4.51. The van der Waals surface area contributed by atoms with Crippen molar-refractivity contribution in [3.05, 3.63) is 12.2 Å². The van der Waals surface area contributed by atoms with Crippen LogP contribution < -0.4 is 0 Å². The Balaban J connectivity index is 2.70. The van der Waals surface area contributed by atoms with Gasteiger partial charge in [0.2, 0.25) is 0 Å². The van der Waals surface area contributed by atoms with Crippen molar-refractivity contribution >= 4 is 5.97 Å². The number of hydrogen-bond donors (Lipinski definition) is 1. The summed E-state index contributed by atoms with van der Waals surface area (Å²) in [4.78, 5) is 11.3. The molecule has 0 aromatic heterocycles. The predicted molar refractivity (Wildman–Crippen MR) is 75.5 cm³/mol. The minimum Gasteiger partial charge on any atom is -0.481 e. The van der Waals surface area contributed by atoms with Crippen LogP contribution in [0.4, 0.5) is 0 Å². The van der Waals surface area contributed by atoms with E-state index in [1.807, 2.05) is 6.92 Å². The molecule has 0 aliphatic heterocycles. The molecule has 2 nitrogen and oxygen atoms in total. The number of carboxylic acids is 1. The van der Waals surface area contributed by atoms with Crippen LogP contribution in [-0.4, -0.2) is 11.1 Å². The molecule has 0 saturated heterocycles. The molecule has 0 aromatic carbocycles. The Kier molecular flexibility index (Phi) is 5.01.